The predicted molar refractivity (Wildman–Crippen MR) is 60.7 cm³/mol. The monoisotopic (exact) mass is 216 g/mol. The molecule has 0 aliphatic carbocycles. The third-order valence-corrected chi connectivity index (χ3v) is 2.95. The molecule has 0 bridgehead atoms. The summed E-state index contributed by atoms with van der Waals surface area (Å²) in [6.45, 7) is 2.13. The number of pyridine rings is 1. The maximum absolute atomic E-state index is 10.7. The topological polar surface area (TPSA) is 61.9 Å². The number of nitrogens with zero attached hydrogens (tertiary/aromatic N) is 3. The SMILES string of the molecule is O=Cc1nc2nccc(N3CCCC3)c2[nH]1. The molecule has 1 fully saturated rings. The van der Waals surface area contributed by atoms with Gasteiger partial charge in [0.05, 0.1) is 5.69 Å². The number of H-pyrrole nitrogens is 1. The number of aromatic nitrogens is 3. The summed E-state index contributed by atoms with van der Waals surface area (Å²) < 4.78 is 0. The second-order valence-corrected chi connectivity index (χ2v) is 3.96. The number of rotatable bonds is 2. The summed E-state index contributed by atoms with van der Waals surface area (Å²) in [5.74, 6) is 0.342. The molecule has 0 radical (unpaired) electrons. The molecule has 1 N–H and O–H groups in total. The van der Waals surface area contributed by atoms with Crippen molar-refractivity contribution in [3.05, 3.63) is 18.1 Å². The molecule has 0 atom stereocenters. The zero-order chi connectivity index (χ0) is 11.0. The molecule has 5 nitrogen and oxygen atoms in total. The molecule has 0 unspecified atom stereocenters. The first-order chi connectivity index (χ1) is 7.88. The Bertz CT molecular complexity index is 528. The zero-order valence-electron chi connectivity index (χ0n) is 8.81. The van der Waals surface area contributed by atoms with Crippen molar-refractivity contribution in [3.63, 3.8) is 0 Å². The summed E-state index contributed by atoms with van der Waals surface area (Å²) in [5, 5.41) is 0. The number of carbonyl (C=O) groups excluding carboxylic acids is 1. The van der Waals surface area contributed by atoms with Crippen LogP contribution in [-0.2, 0) is 0 Å². The fourth-order valence-electron chi connectivity index (χ4n) is 2.19. The molecule has 1 aliphatic heterocycles. The Morgan fingerprint density at radius 3 is 2.94 bits per heavy atom. The number of fused-ring (bicyclic) bond motifs is 1. The number of nitrogens with one attached hydrogen (secondary N) is 1. The average Bonchev–Trinajstić information content (AvgIpc) is 2.97. The highest BCUT2D eigenvalue weighted by Gasteiger charge is 2.16. The maximum Gasteiger partial charge on any atom is 0.185 e. The van der Waals surface area contributed by atoms with E-state index in [1.54, 1.807) is 6.20 Å². The van der Waals surface area contributed by atoms with E-state index in [9.17, 15) is 4.79 Å². The van der Waals surface area contributed by atoms with Crippen molar-refractivity contribution in [1.82, 2.24) is 15.0 Å². The van der Waals surface area contributed by atoms with Gasteiger partial charge in [-0.25, -0.2) is 9.97 Å². The molecule has 0 spiro atoms. The van der Waals surface area contributed by atoms with E-state index < -0.39 is 0 Å². The minimum atomic E-state index is 0.342. The Morgan fingerprint density at radius 2 is 2.19 bits per heavy atom. The number of hydrogen-bond acceptors (Lipinski definition) is 4. The van der Waals surface area contributed by atoms with Crippen LogP contribution in [0.1, 0.15) is 23.5 Å². The summed E-state index contributed by atoms with van der Waals surface area (Å²) in [5.41, 5.74) is 2.58. The molecular weight excluding hydrogens is 204 g/mol. The fourth-order valence-corrected chi connectivity index (χ4v) is 2.19. The van der Waals surface area contributed by atoms with Gasteiger partial charge in [-0.15, -0.1) is 0 Å². The summed E-state index contributed by atoms with van der Waals surface area (Å²) >= 11 is 0. The lowest BCUT2D eigenvalue weighted by Gasteiger charge is -2.17. The summed E-state index contributed by atoms with van der Waals surface area (Å²) in [6, 6.07) is 1.97. The first-order valence-electron chi connectivity index (χ1n) is 5.43. The summed E-state index contributed by atoms with van der Waals surface area (Å²) in [4.78, 5) is 24.2. The third kappa shape index (κ3) is 1.36. The van der Waals surface area contributed by atoms with Gasteiger partial charge in [-0.05, 0) is 18.9 Å². The molecule has 2 aromatic heterocycles. The Morgan fingerprint density at radius 1 is 1.38 bits per heavy atom. The van der Waals surface area contributed by atoms with Gasteiger partial charge < -0.3 is 9.88 Å². The van der Waals surface area contributed by atoms with Gasteiger partial charge >= 0.3 is 0 Å². The van der Waals surface area contributed by atoms with Crippen LogP contribution in [0.2, 0.25) is 0 Å². The fraction of sp³-hybridized carbons (Fsp3) is 0.364. The van der Waals surface area contributed by atoms with Crippen molar-refractivity contribution in [2.75, 3.05) is 18.0 Å². The van der Waals surface area contributed by atoms with Gasteiger partial charge in [-0.2, -0.15) is 0 Å². The first-order valence-corrected chi connectivity index (χ1v) is 5.43. The molecule has 3 heterocycles. The number of hydrogen-bond donors (Lipinski definition) is 1. The molecule has 82 valence electrons. The molecular formula is C11H12N4O. The molecule has 0 amide bonds. The van der Waals surface area contributed by atoms with Gasteiger partial charge in [-0.3, -0.25) is 4.79 Å². The van der Waals surface area contributed by atoms with E-state index in [0.29, 0.717) is 11.5 Å². The highest BCUT2D eigenvalue weighted by molar-refractivity contribution is 5.89. The molecule has 2 aromatic rings. The van der Waals surface area contributed by atoms with Crippen molar-refractivity contribution in [3.8, 4) is 0 Å². The van der Waals surface area contributed by atoms with E-state index in [2.05, 4.69) is 19.9 Å². The van der Waals surface area contributed by atoms with Crippen LogP contribution in [0.3, 0.4) is 0 Å². The number of imidazole rings is 1. The molecule has 1 saturated heterocycles. The molecule has 0 aromatic carbocycles. The zero-order valence-corrected chi connectivity index (χ0v) is 8.81. The van der Waals surface area contributed by atoms with Crippen LogP contribution < -0.4 is 4.90 Å². The van der Waals surface area contributed by atoms with Gasteiger partial charge in [0.25, 0.3) is 0 Å². The highest BCUT2D eigenvalue weighted by atomic mass is 16.1. The van der Waals surface area contributed by atoms with Crippen LogP contribution in [-0.4, -0.2) is 34.3 Å². The first kappa shape index (κ1) is 9.33. The van der Waals surface area contributed by atoms with Crippen LogP contribution in [0.4, 0.5) is 5.69 Å². The van der Waals surface area contributed by atoms with E-state index in [-0.39, 0.29) is 0 Å². The van der Waals surface area contributed by atoms with E-state index in [1.165, 1.54) is 12.8 Å². The van der Waals surface area contributed by atoms with Crippen molar-refractivity contribution < 1.29 is 4.79 Å². The Labute approximate surface area is 92.5 Å². The Hall–Kier alpha value is -1.91. The lowest BCUT2D eigenvalue weighted by Crippen LogP contribution is -2.17. The normalized spacial score (nSPS) is 15.9. The van der Waals surface area contributed by atoms with Gasteiger partial charge in [0.1, 0.15) is 5.52 Å². The summed E-state index contributed by atoms with van der Waals surface area (Å²) in [7, 11) is 0. The molecule has 16 heavy (non-hydrogen) atoms. The van der Waals surface area contributed by atoms with Crippen LogP contribution in [0.5, 0.6) is 0 Å². The van der Waals surface area contributed by atoms with Gasteiger partial charge in [0.2, 0.25) is 0 Å². The van der Waals surface area contributed by atoms with Crippen LogP contribution in [0.15, 0.2) is 12.3 Å². The minimum absolute atomic E-state index is 0.342. The average molecular weight is 216 g/mol. The predicted octanol–water partition coefficient (Wildman–Crippen LogP) is 1.37. The smallest absolute Gasteiger partial charge is 0.185 e. The second-order valence-electron chi connectivity index (χ2n) is 3.96. The third-order valence-electron chi connectivity index (χ3n) is 2.95. The Kier molecular flexibility index (Phi) is 2.09. The largest absolute Gasteiger partial charge is 0.370 e. The van der Waals surface area contributed by atoms with Gasteiger partial charge in [0.15, 0.2) is 17.8 Å². The number of carbonyl (C=O) groups is 1. The van der Waals surface area contributed by atoms with Gasteiger partial charge in [0, 0.05) is 19.3 Å². The number of aldehydes is 1. The standard InChI is InChI=1S/C11H12N4O/c16-7-9-13-10-8(15-5-1-2-6-15)3-4-12-11(10)14-9/h3-4,7H,1-2,5-6H2,(H,12,13,14). The second kappa shape index (κ2) is 3.59. The van der Waals surface area contributed by atoms with Gasteiger partial charge in [-0.1, -0.05) is 0 Å². The van der Waals surface area contributed by atoms with Crippen molar-refractivity contribution in [1.29, 1.82) is 0 Å². The van der Waals surface area contributed by atoms with E-state index in [0.717, 1.165) is 30.6 Å². The van der Waals surface area contributed by atoms with Crippen LogP contribution in [0.25, 0.3) is 11.2 Å². The Balaban J connectivity index is 2.15. The lowest BCUT2D eigenvalue weighted by molar-refractivity contribution is 0.111. The number of aromatic amines is 1. The van der Waals surface area contributed by atoms with Crippen molar-refractivity contribution in [2.45, 2.75) is 12.8 Å². The van der Waals surface area contributed by atoms with Crippen molar-refractivity contribution in [2.24, 2.45) is 0 Å². The molecule has 0 saturated carbocycles. The quantitative estimate of drug-likeness (QED) is 0.770. The molecule has 5 heteroatoms. The van der Waals surface area contributed by atoms with Crippen LogP contribution >= 0.6 is 0 Å². The minimum Gasteiger partial charge on any atom is -0.370 e. The lowest BCUT2D eigenvalue weighted by atomic mass is 10.3. The maximum atomic E-state index is 10.7. The molecule has 1 aliphatic rings. The van der Waals surface area contributed by atoms with E-state index >= 15 is 0 Å². The number of anilines is 1. The van der Waals surface area contributed by atoms with E-state index in [4.69, 9.17) is 0 Å². The highest BCUT2D eigenvalue weighted by Crippen LogP contribution is 2.26. The summed E-state index contributed by atoms with van der Waals surface area (Å²) in [6.07, 6.45) is 4.90. The van der Waals surface area contributed by atoms with Crippen LogP contribution in [0, 0.1) is 0 Å². The van der Waals surface area contributed by atoms with Crippen molar-refractivity contribution >= 4 is 23.1 Å². The van der Waals surface area contributed by atoms with E-state index in [1.807, 2.05) is 6.07 Å². The molecule has 3 rings (SSSR count).